The summed E-state index contributed by atoms with van der Waals surface area (Å²) in [6.07, 6.45) is -14.6. The maximum Gasteiger partial charge on any atom is 0.461 e. The third-order valence-corrected chi connectivity index (χ3v) is 5.39. The number of carbonyl (C=O) groups is 1. The van der Waals surface area contributed by atoms with E-state index < -0.39 is 66.2 Å². The molecule has 0 heterocycles. The van der Waals surface area contributed by atoms with Crippen LogP contribution in [0.2, 0.25) is 0 Å². The van der Waals surface area contributed by atoms with Gasteiger partial charge in [-0.15, -0.1) is 0 Å². The predicted octanol–water partition coefficient (Wildman–Crippen LogP) is 6.25. The number of phenolic OH excluding ortho intramolecular Hbond substituents is 1. The molecule has 0 fully saturated rings. The molecule has 2 amide bonds. The summed E-state index contributed by atoms with van der Waals surface area (Å²) in [5.74, 6) is -3.33. The standard InChI is InChI=1S/C25H19F9N2O3/c26-17-5-3-15(4-6-17)23(12-14-1-7-19(37)8-2-14,36-22(38)35-13-24(30,31)32)16-9-18(27)11-20(10-16)39-25(33,34)21(28)29/h1-11,21,37H,12-13H2,(H2,35,36,38). The Kier molecular flexibility index (Phi) is 8.56. The Balaban J connectivity index is 2.23. The number of rotatable bonds is 9. The lowest BCUT2D eigenvalue weighted by Crippen LogP contribution is -2.53. The molecule has 0 aliphatic carbocycles. The molecule has 1 atom stereocenters. The van der Waals surface area contributed by atoms with Crippen molar-refractivity contribution in [1.82, 2.24) is 10.6 Å². The SMILES string of the molecule is O=C(NCC(F)(F)F)NC(Cc1ccc(O)cc1)(c1ccc(F)cc1)c1cc(F)cc(OC(F)(F)C(F)F)c1. The van der Waals surface area contributed by atoms with Crippen molar-refractivity contribution in [2.24, 2.45) is 0 Å². The molecule has 1 unspecified atom stereocenters. The van der Waals surface area contributed by atoms with Gasteiger partial charge in [-0.1, -0.05) is 24.3 Å². The molecule has 3 aromatic rings. The van der Waals surface area contributed by atoms with Crippen molar-refractivity contribution in [2.45, 2.75) is 30.7 Å². The number of amides is 2. The molecule has 0 aromatic heterocycles. The zero-order valence-corrected chi connectivity index (χ0v) is 19.5. The fraction of sp³-hybridized carbons (Fsp3) is 0.240. The highest BCUT2D eigenvalue weighted by molar-refractivity contribution is 5.76. The van der Waals surface area contributed by atoms with E-state index in [0.29, 0.717) is 18.2 Å². The first kappa shape index (κ1) is 29.5. The van der Waals surface area contributed by atoms with Crippen LogP contribution >= 0.6 is 0 Å². The number of hydrogen-bond acceptors (Lipinski definition) is 3. The second-order valence-electron chi connectivity index (χ2n) is 8.32. The lowest BCUT2D eigenvalue weighted by molar-refractivity contribution is -0.253. The summed E-state index contributed by atoms with van der Waals surface area (Å²) in [6, 6.07) is 9.45. The van der Waals surface area contributed by atoms with Gasteiger partial charge < -0.3 is 20.5 Å². The normalized spacial score (nSPS) is 13.6. The van der Waals surface area contributed by atoms with E-state index in [0.717, 1.165) is 24.3 Å². The van der Waals surface area contributed by atoms with Gasteiger partial charge in [0.25, 0.3) is 0 Å². The highest BCUT2D eigenvalue weighted by Gasteiger charge is 2.45. The van der Waals surface area contributed by atoms with E-state index in [9.17, 15) is 49.4 Å². The Morgan fingerprint density at radius 2 is 1.46 bits per heavy atom. The minimum Gasteiger partial charge on any atom is -0.508 e. The van der Waals surface area contributed by atoms with Gasteiger partial charge in [-0.2, -0.15) is 30.7 Å². The molecule has 39 heavy (non-hydrogen) atoms. The summed E-state index contributed by atoms with van der Waals surface area (Å²) in [7, 11) is 0. The molecule has 0 bridgehead atoms. The van der Waals surface area contributed by atoms with Crippen LogP contribution in [0.3, 0.4) is 0 Å². The number of aromatic hydroxyl groups is 1. The second-order valence-corrected chi connectivity index (χ2v) is 8.32. The van der Waals surface area contributed by atoms with Crippen molar-refractivity contribution < 1.29 is 54.2 Å². The number of phenols is 1. The van der Waals surface area contributed by atoms with Gasteiger partial charge in [-0.25, -0.2) is 13.6 Å². The van der Waals surface area contributed by atoms with Crippen LogP contribution in [-0.4, -0.2) is 36.4 Å². The first-order valence-electron chi connectivity index (χ1n) is 10.9. The second kappa shape index (κ2) is 11.3. The van der Waals surface area contributed by atoms with Crippen LogP contribution in [0.4, 0.5) is 44.3 Å². The number of alkyl halides is 7. The fourth-order valence-corrected chi connectivity index (χ4v) is 3.70. The zero-order valence-electron chi connectivity index (χ0n) is 19.5. The van der Waals surface area contributed by atoms with Crippen LogP contribution in [0, 0.1) is 11.6 Å². The van der Waals surface area contributed by atoms with E-state index >= 15 is 0 Å². The highest BCUT2D eigenvalue weighted by atomic mass is 19.4. The van der Waals surface area contributed by atoms with Gasteiger partial charge in [0, 0.05) is 12.5 Å². The van der Waals surface area contributed by atoms with Crippen molar-refractivity contribution >= 4 is 6.03 Å². The molecule has 3 aromatic carbocycles. The molecule has 0 aliphatic rings. The molecule has 0 saturated carbocycles. The summed E-state index contributed by atoms with van der Waals surface area (Å²) in [5.41, 5.74) is -2.32. The first-order valence-corrected chi connectivity index (χ1v) is 10.9. The van der Waals surface area contributed by atoms with Gasteiger partial charge in [-0.3, -0.25) is 0 Å². The Morgan fingerprint density at radius 3 is 2.03 bits per heavy atom. The van der Waals surface area contributed by atoms with E-state index in [1.165, 1.54) is 24.3 Å². The predicted molar refractivity (Wildman–Crippen MR) is 120 cm³/mol. The van der Waals surface area contributed by atoms with Crippen LogP contribution < -0.4 is 15.4 Å². The highest BCUT2D eigenvalue weighted by Crippen LogP contribution is 2.38. The monoisotopic (exact) mass is 566 g/mol. The van der Waals surface area contributed by atoms with Gasteiger partial charge in [0.2, 0.25) is 0 Å². The smallest absolute Gasteiger partial charge is 0.461 e. The fourth-order valence-electron chi connectivity index (χ4n) is 3.70. The molecular formula is C25H19F9N2O3. The third kappa shape index (κ3) is 7.71. The number of carbonyl (C=O) groups excluding carboxylic acids is 1. The van der Waals surface area contributed by atoms with E-state index in [2.05, 4.69) is 10.1 Å². The molecule has 0 spiro atoms. The average Bonchev–Trinajstić information content (AvgIpc) is 2.83. The zero-order chi connectivity index (χ0) is 29.0. The Morgan fingerprint density at radius 1 is 0.846 bits per heavy atom. The van der Waals surface area contributed by atoms with Crippen molar-refractivity contribution in [3.63, 3.8) is 0 Å². The van der Waals surface area contributed by atoms with Gasteiger partial charge in [0.1, 0.15) is 29.7 Å². The van der Waals surface area contributed by atoms with E-state index in [1.54, 1.807) is 5.32 Å². The van der Waals surface area contributed by atoms with Crippen molar-refractivity contribution in [3.05, 3.63) is 95.1 Å². The Labute approximate surface area is 215 Å². The maximum atomic E-state index is 14.7. The molecule has 3 rings (SSSR count). The molecular weight excluding hydrogens is 547 g/mol. The number of urea groups is 1. The lowest BCUT2D eigenvalue weighted by Gasteiger charge is -2.37. The number of hydrogen-bond donors (Lipinski definition) is 3. The van der Waals surface area contributed by atoms with E-state index in [1.807, 2.05) is 0 Å². The average molecular weight is 566 g/mol. The summed E-state index contributed by atoms with van der Waals surface area (Å²) >= 11 is 0. The van der Waals surface area contributed by atoms with Gasteiger partial charge >= 0.3 is 24.7 Å². The lowest BCUT2D eigenvalue weighted by atomic mass is 9.77. The van der Waals surface area contributed by atoms with Crippen LogP contribution in [0.15, 0.2) is 66.7 Å². The molecule has 14 heteroatoms. The van der Waals surface area contributed by atoms with E-state index in [-0.39, 0.29) is 16.9 Å². The minimum atomic E-state index is -5.04. The minimum absolute atomic E-state index is 0.0590. The third-order valence-electron chi connectivity index (χ3n) is 5.39. The van der Waals surface area contributed by atoms with Gasteiger partial charge in [0.15, 0.2) is 0 Å². The van der Waals surface area contributed by atoms with Gasteiger partial charge in [0.05, 0.1) is 5.54 Å². The molecule has 5 nitrogen and oxygen atoms in total. The number of halogens is 9. The van der Waals surface area contributed by atoms with Crippen LogP contribution in [-0.2, 0) is 12.0 Å². The first-order chi connectivity index (χ1) is 18.1. The van der Waals surface area contributed by atoms with E-state index in [4.69, 9.17) is 0 Å². The summed E-state index contributed by atoms with van der Waals surface area (Å²) in [4.78, 5) is 12.7. The van der Waals surface area contributed by atoms with Crippen molar-refractivity contribution in [3.8, 4) is 11.5 Å². The molecule has 0 aliphatic heterocycles. The Bertz CT molecular complexity index is 1280. The largest absolute Gasteiger partial charge is 0.508 e. The molecule has 3 N–H and O–H groups in total. The van der Waals surface area contributed by atoms with Crippen LogP contribution in [0.5, 0.6) is 11.5 Å². The van der Waals surface area contributed by atoms with Crippen molar-refractivity contribution in [1.29, 1.82) is 0 Å². The number of benzene rings is 3. The number of ether oxygens (including phenoxy) is 1. The molecule has 0 radical (unpaired) electrons. The number of nitrogens with one attached hydrogen (secondary N) is 2. The summed E-state index contributed by atoms with van der Waals surface area (Å²) < 4.78 is 123. The Hall–Kier alpha value is -4.10. The van der Waals surface area contributed by atoms with Crippen molar-refractivity contribution in [2.75, 3.05) is 6.54 Å². The topological polar surface area (TPSA) is 70.6 Å². The van der Waals surface area contributed by atoms with Crippen LogP contribution in [0.1, 0.15) is 16.7 Å². The molecule has 210 valence electrons. The maximum absolute atomic E-state index is 14.7. The summed E-state index contributed by atoms with van der Waals surface area (Å²) in [6.45, 7) is -1.78. The van der Waals surface area contributed by atoms with Gasteiger partial charge in [-0.05, 0) is 53.1 Å². The van der Waals surface area contributed by atoms with Crippen LogP contribution in [0.25, 0.3) is 0 Å². The summed E-state index contributed by atoms with van der Waals surface area (Å²) in [5, 5.41) is 13.4. The quantitative estimate of drug-likeness (QED) is 0.268. The molecule has 0 saturated heterocycles.